The van der Waals surface area contributed by atoms with Crippen molar-refractivity contribution in [3.63, 3.8) is 0 Å². The van der Waals surface area contributed by atoms with Gasteiger partial charge in [-0.1, -0.05) is 18.2 Å². The summed E-state index contributed by atoms with van der Waals surface area (Å²) in [6.07, 6.45) is 4.23. The lowest BCUT2D eigenvalue weighted by Gasteiger charge is -2.36. The molecule has 2 nitrogen and oxygen atoms in total. The summed E-state index contributed by atoms with van der Waals surface area (Å²) >= 11 is 0. The lowest BCUT2D eigenvalue weighted by molar-refractivity contribution is -0.0271. The molecule has 0 radical (unpaired) electrons. The van der Waals surface area contributed by atoms with Gasteiger partial charge in [0.25, 0.3) is 0 Å². The molecular formula is C23H28F2O2. The first-order chi connectivity index (χ1) is 12.9. The molecule has 146 valence electrons. The minimum atomic E-state index is -0.927. The second kappa shape index (κ2) is 7.97. The smallest absolute Gasteiger partial charge is 0.201 e. The first-order valence-corrected chi connectivity index (χ1v) is 9.65. The molecule has 0 aliphatic heterocycles. The molecule has 0 amide bonds. The van der Waals surface area contributed by atoms with Crippen LogP contribution in [0.5, 0.6) is 5.75 Å². The molecule has 1 saturated carbocycles. The molecule has 1 aliphatic carbocycles. The van der Waals surface area contributed by atoms with E-state index in [0.717, 1.165) is 36.8 Å². The molecule has 2 aromatic rings. The van der Waals surface area contributed by atoms with Crippen molar-refractivity contribution in [2.45, 2.75) is 58.0 Å². The van der Waals surface area contributed by atoms with Gasteiger partial charge in [0, 0.05) is 12.7 Å². The summed E-state index contributed by atoms with van der Waals surface area (Å²) in [7, 11) is 1.78. The van der Waals surface area contributed by atoms with E-state index >= 15 is 0 Å². The Bertz CT molecular complexity index is 808. The van der Waals surface area contributed by atoms with Gasteiger partial charge in [-0.05, 0) is 81.2 Å². The van der Waals surface area contributed by atoms with Gasteiger partial charge in [-0.25, -0.2) is 4.39 Å². The van der Waals surface area contributed by atoms with E-state index in [9.17, 15) is 8.78 Å². The third kappa shape index (κ3) is 4.01. The molecule has 1 aliphatic rings. The minimum Gasteiger partial charge on any atom is -0.491 e. The fraction of sp³-hybridized carbons (Fsp3) is 0.478. The third-order valence-corrected chi connectivity index (χ3v) is 5.89. The summed E-state index contributed by atoms with van der Waals surface area (Å²) in [6, 6.07) is 9.17. The van der Waals surface area contributed by atoms with E-state index in [1.165, 1.54) is 11.6 Å². The Morgan fingerprint density at radius 3 is 2.30 bits per heavy atom. The highest BCUT2D eigenvalue weighted by Gasteiger charge is 2.31. The zero-order valence-corrected chi connectivity index (χ0v) is 16.6. The Labute approximate surface area is 160 Å². The van der Waals surface area contributed by atoms with Crippen molar-refractivity contribution >= 4 is 0 Å². The van der Waals surface area contributed by atoms with E-state index in [2.05, 4.69) is 19.1 Å². The number of hydrogen-bond donors (Lipinski definition) is 0. The largest absolute Gasteiger partial charge is 0.491 e. The molecule has 27 heavy (non-hydrogen) atoms. The molecule has 0 unspecified atom stereocenters. The number of ether oxygens (including phenoxy) is 2. The standard InChI is InChI=1S/C23H28F2O2/c1-5-27-20-9-8-19(21(24)22(20)25)18-7-6-17(14-15(18)2)16-10-12-23(3,26-4)13-11-16/h6-9,14,16H,5,10-13H2,1-4H3. The van der Waals surface area contributed by atoms with Crippen molar-refractivity contribution in [2.24, 2.45) is 0 Å². The first-order valence-electron chi connectivity index (χ1n) is 9.65. The van der Waals surface area contributed by atoms with Crippen molar-refractivity contribution in [1.29, 1.82) is 0 Å². The van der Waals surface area contributed by atoms with Crippen LogP contribution in [0.4, 0.5) is 8.78 Å². The van der Waals surface area contributed by atoms with Gasteiger partial charge in [-0.15, -0.1) is 0 Å². The van der Waals surface area contributed by atoms with Crippen LogP contribution in [0.2, 0.25) is 0 Å². The highest BCUT2D eigenvalue weighted by molar-refractivity contribution is 5.69. The number of benzene rings is 2. The topological polar surface area (TPSA) is 18.5 Å². The quantitative estimate of drug-likeness (QED) is 0.603. The summed E-state index contributed by atoms with van der Waals surface area (Å²) in [5.74, 6) is -1.34. The second-order valence-electron chi connectivity index (χ2n) is 7.67. The molecule has 0 bridgehead atoms. The normalized spacial score (nSPS) is 22.7. The van der Waals surface area contributed by atoms with E-state index in [-0.39, 0.29) is 16.9 Å². The fourth-order valence-corrected chi connectivity index (χ4v) is 4.02. The van der Waals surface area contributed by atoms with Crippen molar-refractivity contribution in [2.75, 3.05) is 13.7 Å². The lowest BCUT2D eigenvalue weighted by Crippen LogP contribution is -2.32. The molecule has 0 spiro atoms. The van der Waals surface area contributed by atoms with Gasteiger partial charge in [0.1, 0.15) is 0 Å². The van der Waals surface area contributed by atoms with Crippen molar-refractivity contribution in [1.82, 2.24) is 0 Å². The third-order valence-electron chi connectivity index (χ3n) is 5.89. The monoisotopic (exact) mass is 374 g/mol. The average Bonchev–Trinajstić information content (AvgIpc) is 2.67. The predicted molar refractivity (Wildman–Crippen MR) is 104 cm³/mol. The number of halogens is 2. The fourth-order valence-electron chi connectivity index (χ4n) is 4.02. The van der Waals surface area contributed by atoms with E-state index in [4.69, 9.17) is 9.47 Å². The van der Waals surface area contributed by atoms with Gasteiger partial charge in [0.05, 0.1) is 12.2 Å². The van der Waals surface area contributed by atoms with Crippen LogP contribution in [0.15, 0.2) is 30.3 Å². The molecule has 3 rings (SSSR count). The van der Waals surface area contributed by atoms with Crippen molar-refractivity contribution < 1.29 is 18.3 Å². The van der Waals surface area contributed by atoms with E-state index in [0.29, 0.717) is 12.5 Å². The van der Waals surface area contributed by atoms with Crippen LogP contribution in [-0.4, -0.2) is 19.3 Å². The van der Waals surface area contributed by atoms with Crippen molar-refractivity contribution in [3.05, 3.63) is 53.1 Å². The summed E-state index contributed by atoms with van der Waals surface area (Å²) < 4.78 is 39.6. The molecule has 1 fully saturated rings. The Balaban J connectivity index is 1.85. The van der Waals surface area contributed by atoms with Crippen LogP contribution >= 0.6 is 0 Å². The van der Waals surface area contributed by atoms with Crippen LogP contribution in [0, 0.1) is 18.6 Å². The number of hydrogen-bond acceptors (Lipinski definition) is 2. The molecular weight excluding hydrogens is 346 g/mol. The second-order valence-corrected chi connectivity index (χ2v) is 7.67. The number of methoxy groups -OCH3 is 1. The Morgan fingerprint density at radius 2 is 1.70 bits per heavy atom. The molecule has 0 N–H and O–H groups in total. The summed E-state index contributed by atoms with van der Waals surface area (Å²) in [5.41, 5.74) is 3.19. The summed E-state index contributed by atoms with van der Waals surface area (Å²) in [4.78, 5) is 0. The maximum absolute atomic E-state index is 14.6. The Morgan fingerprint density at radius 1 is 1.04 bits per heavy atom. The number of rotatable bonds is 5. The molecule has 0 saturated heterocycles. The van der Waals surface area contributed by atoms with Gasteiger partial charge in [-0.3, -0.25) is 0 Å². The Kier molecular flexibility index (Phi) is 5.85. The summed E-state index contributed by atoms with van der Waals surface area (Å²) in [6.45, 7) is 6.16. The predicted octanol–water partition coefficient (Wildman–Crippen LogP) is 6.40. The van der Waals surface area contributed by atoms with E-state index < -0.39 is 11.6 Å². The number of aryl methyl sites for hydroxylation is 1. The molecule has 0 aromatic heterocycles. The van der Waals surface area contributed by atoms with Gasteiger partial charge >= 0.3 is 0 Å². The van der Waals surface area contributed by atoms with Crippen molar-refractivity contribution in [3.8, 4) is 16.9 Å². The van der Waals surface area contributed by atoms with Crippen LogP contribution in [0.3, 0.4) is 0 Å². The molecule has 2 aromatic carbocycles. The maximum Gasteiger partial charge on any atom is 0.201 e. The van der Waals surface area contributed by atoms with Crippen LogP contribution in [-0.2, 0) is 4.74 Å². The van der Waals surface area contributed by atoms with Gasteiger partial charge in [0.15, 0.2) is 11.6 Å². The first kappa shape index (κ1) is 19.8. The maximum atomic E-state index is 14.6. The van der Waals surface area contributed by atoms with Crippen LogP contribution < -0.4 is 4.74 Å². The highest BCUT2D eigenvalue weighted by Crippen LogP contribution is 2.41. The zero-order chi connectivity index (χ0) is 19.6. The van der Waals surface area contributed by atoms with Gasteiger partial charge in [0.2, 0.25) is 5.82 Å². The van der Waals surface area contributed by atoms with Crippen LogP contribution in [0.1, 0.15) is 56.6 Å². The minimum absolute atomic E-state index is 0.0194. The molecule has 0 atom stereocenters. The van der Waals surface area contributed by atoms with E-state index in [1.54, 1.807) is 20.1 Å². The summed E-state index contributed by atoms with van der Waals surface area (Å²) in [5, 5.41) is 0. The van der Waals surface area contributed by atoms with Gasteiger partial charge in [-0.2, -0.15) is 4.39 Å². The Hall–Kier alpha value is -1.94. The van der Waals surface area contributed by atoms with E-state index in [1.807, 2.05) is 13.0 Å². The highest BCUT2D eigenvalue weighted by atomic mass is 19.2. The zero-order valence-electron chi connectivity index (χ0n) is 16.6. The molecule has 4 heteroatoms. The lowest BCUT2D eigenvalue weighted by atomic mass is 9.76. The average molecular weight is 374 g/mol. The molecule has 0 heterocycles. The SMILES string of the molecule is CCOc1ccc(-c2ccc(C3CCC(C)(OC)CC3)cc2C)c(F)c1F. The van der Waals surface area contributed by atoms with Gasteiger partial charge < -0.3 is 9.47 Å². The van der Waals surface area contributed by atoms with Crippen LogP contribution in [0.25, 0.3) is 11.1 Å².